The maximum Gasteiger partial charge on any atom is 0.346 e. The lowest BCUT2D eigenvalue weighted by Gasteiger charge is -2.56. The normalized spacial score (nSPS) is 41.6. The molecule has 14 heteroatoms. The number of ketones is 1. The fraction of sp³-hybridized carbons (Fsp3) is 0.600. The quantitative estimate of drug-likeness (QED) is 0.123. The first kappa shape index (κ1) is 47.2. The van der Waals surface area contributed by atoms with Gasteiger partial charge in [-0.2, -0.15) is 0 Å². The van der Waals surface area contributed by atoms with Gasteiger partial charge in [0.15, 0.2) is 18.0 Å². The maximum absolute atomic E-state index is 15.2. The van der Waals surface area contributed by atoms with E-state index >= 15 is 4.79 Å². The SMILES string of the molecule is COc1cc(C)c(C(=O)OC2C(C)OC(OC3CCC(C)C4C3C=C(C)C3/C(C)=C/CC/C(C)=C/C5(C)C=C(C(=O)O)C(C)CC56OC(=O)/C(=C(/O)C34C)C6=O)C(O)C2O)c(OC)c1. The largest absolute Gasteiger partial charge is 0.511 e. The predicted molar refractivity (Wildman–Crippen MR) is 233 cm³/mol. The lowest BCUT2D eigenvalue weighted by atomic mass is 9.49. The van der Waals surface area contributed by atoms with E-state index in [2.05, 4.69) is 19.1 Å². The summed E-state index contributed by atoms with van der Waals surface area (Å²) in [6.45, 7) is 16.6. The fourth-order valence-electron chi connectivity index (χ4n) is 12.4. The second-order valence-electron chi connectivity index (χ2n) is 19.6. The Bertz CT molecular complexity index is 2270. The van der Waals surface area contributed by atoms with Crippen LogP contribution in [0.25, 0.3) is 0 Å². The van der Waals surface area contributed by atoms with Crippen molar-refractivity contribution in [3.8, 4) is 11.5 Å². The maximum atomic E-state index is 15.2. The van der Waals surface area contributed by atoms with Crippen LogP contribution in [0.2, 0.25) is 0 Å². The molecule has 2 bridgehead atoms. The van der Waals surface area contributed by atoms with Crippen molar-refractivity contribution in [2.24, 2.45) is 40.4 Å². The van der Waals surface area contributed by atoms with Gasteiger partial charge in [0.2, 0.25) is 5.78 Å². The summed E-state index contributed by atoms with van der Waals surface area (Å²) in [6.07, 6.45) is 2.58. The number of rotatable bonds is 7. The van der Waals surface area contributed by atoms with E-state index in [-0.39, 0.29) is 35.0 Å². The Morgan fingerprint density at radius 3 is 2.28 bits per heavy atom. The summed E-state index contributed by atoms with van der Waals surface area (Å²) in [5.74, 6) is -5.18. The zero-order chi connectivity index (χ0) is 47.0. The first-order valence-corrected chi connectivity index (χ1v) is 22.4. The van der Waals surface area contributed by atoms with Crippen LogP contribution in [-0.2, 0) is 33.3 Å². The number of benzene rings is 1. The number of Topliss-reactive ketones (excluding diaryl/α,β-unsaturated/α-hetero) is 1. The number of esters is 2. The molecule has 2 aliphatic heterocycles. The number of fused-ring (bicyclic) bond motifs is 4. The number of allylic oxidation sites excluding steroid dienone is 5. The molecule has 7 rings (SSSR count). The van der Waals surface area contributed by atoms with E-state index < -0.39 is 106 Å². The van der Waals surface area contributed by atoms with Gasteiger partial charge in [0.05, 0.1) is 31.8 Å². The summed E-state index contributed by atoms with van der Waals surface area (Å²) >= 11 is 0. The van der Waals surface area contributed by atoms with Crippen LogP contribution in [0, 0.1) is 47.3 Å². The summed E-state index contributed by atoms with van der Waals surface area (Å²) < 4.78 is 35.7. The highest BCUT2D eigenvalue weighted by Crippen LogP contribution is 2.62. The molecule has 1 aromatic carbocycles. The van der Waals surface area contributed by atoms with Crippen LogP contribution in [0.3, 0.4) is 0 Å². The number of ether oxygens (including phenoxy) is 6. The molecule has 1 spiro atoms. The van der Waals surface area contributed by atoms with E-state index in [0.29, 0.717) is 37.0 Å². The lowest BCUT2D eigenvalue weighted by molar-refractivity contribution is -0.311. The highest BCUT2D eigenvalue weighted by molar-refractivity contribution is 6.26. The number of carbonyl (C=O) groups is 4. The molecule has 0 aromatic heterocycles. The molecule has 6 aliphatic rings. The Labute approximate surface area is 375 Å². The number of carboxylic acid groups (broad SMARTS) is 1. The van der Waals surface area contributed by atoms with Crippen LogP contribution in [0.4, 0.5) is 0 Å². The van der Waals surface area contributed by atoms with Gasteiger partial charge in [-0.25, -0.2) is 14.4 Å². The van der Waals surface area contributed by atoms with Gasteiger partial charge in [-0.1, -0.05) is 61.8 Å². The van der Waals surface area contributed by atoms with Gasteiger partial charge in [-0.15, -0.1) is 0 Å². The van der Waals surface area contributed by atoms with E-state index in [1.807, 2.05) is 33.8 Å². The number of aliphatic hydroxyl groups excluding tert-OH is 3. The first-order chi connectivity index (χ1) is 30.0. The Hall–Kier alpha value is -4.76. The molecule has 64 heavy (non-hydrogen) atoms. The van der Waals surface area contributed by atoms with E-state index in [1.54, 1.807) is 45.9 Å². The minimum absolute atomic E-state index is 0.0664. The third-order valence-corrected chi connectivity index (χ3v) is 15.3. The second kappa shape index (κ2) is 17.2. The molecule has 348 valence electrons. The van der Waals surface area contributed by atoms with Crippen molar-refractivity contribution in [3.63, 3.8) is 0 Å². The van der Waals surface area contributed by atoms with Gasteiger partial charge in [-0.3, -0.25) is 4.79 Å². The van der Waals surface area contributed by atoms with E-state index in [0.717, 1.165) is 16.7 Å². The molecular formula is C50H64O14. The highest BCUT2D eigenvalue weighted by Gasteiger charge is 2.67. The van der Waals surface area contributed by atoms with Crippen LogP contribution in [0.1, 0.15) is 103 Å². The molecule has 1 saturated carbocycles. The third kappa shape index (κ3) is 7.51. The summed E-state index contributed by atoms with van der Waals surface area (Å²) in [5, 5.41) is 46.2. The molecule has 14 nitrogen and oxygen atoms in total. The predicted octanol–water partition coefficient (Wildman–Crippen LogP) is 7.05. The molecule has 4 aliphatic carbocycles. The fourth-order valence-corrected chi connectivity index (χ4v) is 12.4. The van der Waals surface area contributed by atoms with Gasteiger partial charge in [0.25, 0.3) is 0 Å². The van der Waals surface area contributed by atoms with Gasteiger partial charge in [-0.05, 0) is 96.6 Å². The number of methoxy groups -OCH3 is 2. The summed E-state index contributed by atoms with van der Waals surface area (Å²) in [6, 6.07) is 3.21. The third-order valence-electron chi connectivity index (χ3n) is 15.3. The van der Waals surface area contributed by atoms with Crippen molar-refractivity contribution in [2.45, 2.75) is 137 Å². The minimum atomic E-state index is -1.80. The zero-order valence-corrected chi connectivity index (χ0v) is 38.7. The first-order valence-electron chi connectivity index (χ1n) is 22.4. The Morgan fingerprint density at radius 2 is 1.62 bits per heavy atom. The molecule has 0 radical (unpaired) electrons. The van der Waals surface area contributed by atoms with Gasteiger partial charge >= 0.3 is 17.9 Å². The summed E-state index contributed by atoms with van der Waals surface area (Å²) in [5.41, 5.74) is -1.28. The van der Waals surface area contributed by atoms with E-state index in [4.69, 9.17) is 28.4 Å². The number of aryl methyl sites for hydroxylation is 1. The zero-order valence-electron chi connectivity index (χ0n) is 38.7. The number of aliphatic carboxylic acids is 1. The van der Waals surface area contributed by atoms with E-state index in [9.17, 15) is 34.8 Å². The van der Waals surface area contributed by atoms with Gasteiger partial charge in [0, 0.05) is 35.3 Å². The van der Waals surface area contributed by atoms with Crippen molar-refractivity contribution in [1.29, 1.82) is 0 Å². The summed E-state index contributed by atoms with van der Waals surface area (Å²) in [7, 11) is 2.91. The van der Waals surface area contributed by atoms with Crippen LogP contribution in [0.5, 0.6) is 11.5 Å². The average Bonchev–Trinajstić information content (AvgIpc) is 3.47. The smallest absolute Gasteiger partial charge is 0.346 e. The van der Waals surface area contributed by atoms with Crippen LogP contribution < -0.4 is 9.47 Å². The Morgan fingerprint density at radius 1 is 0.922 bits per heavy atom. The Kier molecular flexibility index (Phi) is 12.7. The molecule has 14 unspecified atom stereocenters. The van der Waals surface area contributed by atoms with Crippen LogP contribution in [0.15, 0.2) is 70.1 Å². The lowest BCUT2D eigenvalue weighted by Crippen LogP contribution is -2.60. The summed E-state index contributed by atoms with van der Waals surface area (Å²) in [4.78, 5) is 55.6. The van der Waals surface area contributed by atoms with Crippen LogP contribution in [-0.4, -0.2) is 101 Å². The topological polar surface area (TPSA) is 205 Å². The molecule has 2 saturated heterocycles. The van der Waals surface area contributed by atoms with Crippen molar-refractivity contribution in [1.82, 2.24) is 0 Å². The number of carboxylic acids is 1. The number of aliphatic hydroxyl groups is 3. The van der Waals surface area contributed by atoms with Crippen molar-refractivity contribution in [2.75, 3.05) is 14.2 Å². The van der Waals surface area contributed by atoms with Gasteiger partial charge in [0.1, 0.15) is 40.6 Å². The Balaban J connectivity index is 1.24. The second-order valence-corrected chi connectivity index (χ2v) is 19.6. The van der Waals surface area contributed by atoms with Gasteiger partial charge < -0.3 is 48.8 Å². The van der Waals surface area contributed by atoms with Crippen molar-refractivity contribution >= 4 is 23.7 Å². The molecule has 0 amide bonds. The molecule has 14 atom stereocenters. The number of carbonyl (C=O) groups excluding carboxylic acids is 3. The standard InChI is InChI=1S/C50H64O14/c1-23-13-12-14-24(2)37-27(5)18-31-33(62-47-40(52)39(51)41(29(7)61-47)63-45(57)35-26(4)17-30(59-10)19-34(35)60-11)16-15-25(3)38(31)49(37,9)42(53)36-43(54)50(64-46(36)58)21-28(6)32(44(55)56)22-48(50,8)20-23/h14,17-20,22,25,28-29,31,33,37-41,47,51-53H,12-13,15-16,21H2,1-11H3,(H,55,56)/b23-20+,24-14+,42-36+. The van der Waals surface area contributed by atoms with Crippen LogP contribution >= 0.6 is 0 Å². The van der Waals surface area contributed by atoms with Crippen molar-refractivity contribution in [3.05, 3.63) is 81.2 Å². The molecule has 2 heterocycles. The molecule has 1 aromatic rings. The molecule has 4 N–H and O–H groups in total. The highest BCUT2D eigenvalue weighted by atomic mass is 16.7. The molecule has 3 fully saturated rings. The number of hydrogen-bond acceptors (Lipinski definition) is 13. The molecular weight excluding hydrogens is 825 g/mol. The average molecular weight is 889 g/mol. The van der Waals surface area contributed by atoms with E-state index in [1.165, 1.54) is 14.2 Å². The minimum Gasteiger partial charge on any atom is -0.511 e. The monoisotopic (exact) mass is 888 g/mol. The number of hydrogen-bond donors (Lipinski definition) is 4. The van der Waals surface area contributed by atoms with Crippen molar-refractivity contribution < 1.29 is 68.0 Å².